The topological polar surface area (TPSA) is 53.2 Å². The molecular formula is C9H21N3O. The second-order valence-electron chi connectivity index (χ2n) is 3.05. The Hall–Kier alpha value is -0.610. The van der Waals surface area contributed by atoms with Crippen LogP contribution in [0.2, 0.25) is 0 Å². The van der Waals surface area contributed by atoms with Crippen molar-refractivity contribution in [3.63, 3.8) is 0 Å². The van der Waals surface area contributed by atoms with E-state index < -0.39 is 0 Å². The Labute approximate surface area is 80.5 Å². The zero-order valence-corrected chi connectivity index (χ0v) is 8.81. The highest BCUT2D eigenvalue weighted by atomic mass is 16.2. The summed E-state index contributed by atoms with van der Waals surface area (Å²) in [6.45, 7) is 1.02. The molecule has 0 aromatic heterocycles. The summed E-state index contributed by atoms with van der Waals surface area (Å²) in [7, 11) is 5.42. The summed E-state index contributed by atoms with van der Waals surface area (Å²) < 4.78 is 0. The Morgan fingerprint density at radius 3 is 2.38 bits per heavy atom. The largest absolute Gasteiger partial charge is 0.358 e. The molecule has 0 fully saturated rings. The molecule has 1 amide bonds. The van der Waals surface area contributed by atoms with Crippen molar-refractivity contribution in [3.05, 3.63) is 0 Å². The summed E-state index contributed by atoms with van der Waals surface area (Å²) in [5.41, 5.74) is 0. The Kier molecular flexibility index (Phi) is 7.63. The normalized spacial score (nSPS) is 12.5. The Balaban J connectivity index is 3.53. The number of hydrogen-bond acceptors (Lipinski definition) is 3. The Bertz CT molecular complexity index is 139. The van der Waals surface area contributed by atoms with Gasteiger partial charge < -0.3 is 16.0 Å². The number of nitrogens with one attached hydrogen (secondary N) is 3. The lowest BCUT2D eigenvalue weighted by Gasteiger charge is -2.13. The lowest BCUT2D eigenvalue weighted by molar-refractivity contribution is -0.122. The SMILES string of the molecule is CNCCCCC(NC)C(=O)NC. The van der Waals surface area contributed by atoms with E-state index in [2.05, 4.69) is 16.0 Å². The molecule has 0 saturated carbocycles. The van der Waals surface area contributed by atoms with E-state index in [0.29, 0.717) is 0 Å². The van der Waals surface area contributed by atoms with Crippen LogP contribution in [0.25, 0.3) is 0 Å². The van der Waals surface area contributed by atoms with E-state index in [4.69, 9.17) is 0 Å². The van der Waals surface area contributed by atoms with Crippen LogP contribution in [0.15, 0.2) is 0 Å². The minimum atomic E-state index is -0.0399. The van der Waals surface area contributed by atoms with Gasteiger partial charge in [0.1, 0.15) is 0 Å². The van der Waals surface area contributed by atoms with Gasteiger partial charge in [0.25, 0.3) is 0 Å². The van der Waals surface area contributed by atoms with Gasteiger partial charge in [-0.2, -0.15) is 0 Å². The highest BCUT2D eigenvalue weighted by Crippen LogP contribution is 1.99. The smallest absolute Gasteiger partial charge is 0.236 e. The first-order valence-electron chi connectivity index (χ1n) is 4.79. The summed E-state index contributed by atoms with van der Waals surface area (Å²) >= 11 is 0. The third-order valence-corrected chi connectivity index (χ3v) is 2.08. The predicted molar refractivity (Wildman–Crippen MR) is 54.7 cm³/mol. The highest BCUT2D eigenvalue weighted by Gasteiger charge is 2.12. The molecule has 0 bridgehead atoms. The van der Waals surface area contributed by atoms with E-state index in [1.165, 1.54) is 0 Å². The van der Waals surface area contributed by atoms with Crippen LogP contribution in [-0.2, 0) is 4.79 Å². The molecule has 0 radical (unpaired) electrons. The first-order chi connectivity index (χ1) is 6.26. The molecule has 0 heterocycles. The lowest BCUT2D eigenvalue weighted by atomic mass is 10.1. The summed E-state index contributed by atoms with van der Waals surface area (Å²) in [6.07, 6.45) is 3.09. The van der Waals surface area contributed by atoms with Gasteiger partial charge in [-0.3, -0.25) is 4.79 Å². The van der Waals surface area contributed by atoms with Crippen molar-refractivity contribution in [3.8, 4) is 0 Å². The molecule has 0 aromatic rings. The Morgan fingerprint density at radius 1 is 1.23 bits per heavy atom. The van der Waals surface area contributed by atoms with Crippen molar-refractivity contribution in [2.75, 3.05) is 27.7 Å². The molecule has 1 atom stereocenters. The fourth-order valence-electron chi connectivity index (χ4n) is 1.23. The molecule has 0 aliphatic carbocycles. The molecule has 13 heavy (non-hydrogen) atoms. The molecule has 4 heteroatoms. The van der Waals surface area contributed by atoms with Crippen LogP contribution in [0, 0.1) is 0 Å². The zero-order chi connectivity index (χ0) is 10.1. The third-order valence-electron chi connectivity index (χ3n) is 2.08. The van der Waals surface area contributed by atoms with Gasteiger partial charge in [-0.1, -0.05) is 6.42 Å². The maximum absolute atomic E-state index is 11.2. The molecule has 0 rings (SSSR count). The van der Waals surface area contributed by atoms with Crippen LogP contribution in [0.5, 0.6) is 0 Å². The molecule has 0 saturated heterocycles. The first kappa shape index (κ1) is 12.4. The first-order valence-corrected chi connectivity index (χ1v) is 4.79. The van der Waals surface area contributed by atoms with Crippen molar-refractivity contribution in [2.45, 2.75) is 25.3 Å². The lowest BCUT2D eigenvalue weighted by Crippen LogP contribution is -2.40. The molecule has 0 spiro atoms. The minimum Gasteiger partial charge on any atom is -0.358 e. The maximum atomic E-state index is 11.2. The van der Waals surface area contributed by atoms with Crippen molar-refractivity contribution < 1.29 is 4.79 Å². The van der Waals surface area contributed by atoms with Gasteiger partial charge in [-0.05, 0) is 33.5 Å². The summed E-state index contributed by atoms with van der Waals surface area (Å²) in [4.78, 5) is 11.2. The van der Waals surface area contributed by atoms with Crippen LogP contribution in [0.1, 0.15) is 19.3 Å². The van der Waals surface area contributed by atoms with Crippen LogP contribution in [0.3, 0.4) is 0 Å². The van der Waals surface area contributed by atoms with Crippen LogP contribution < -0.4 is 16.0 Å². The average Bonchev–Trinajstić information content (AvgIpc) is 2.17. The summed E-state index contributed by atoms with van der Waals surface area (Å²) in [5, 5.41) is 8.72. The van der Waals surface area contributed by atoms with E-state index in [1.54, 1.807) is 7.05 Å². The predicted octanol–water partition coefficient (Wildman–Crippen LogP) is -0.290. The van der Waals surface area contributed by atoms with Gasteiger partial charge in [-0.25, -0.2) is 0 Å². The highest BCUT2D eigenvalue weighted by molar-refractivity contribution is 5.81. The van der Waals surface area contributed by atoms with E-state index in [-0.39, 0.29) is 11.9 Å². The zero-order valence-electron chi connectivity index (χ0n) is 8.81. The number of carbonyl (C=O) groups is 1. The van der Waals surface area contributed by atoms with E-state index >= 15 is 0 Å². The minimum absolute atomic E-state index is 0.0399. The fraction of sp³-hybridized carbons (Fsp3) is 0.889. The fourth-order valence-corrected chi connectivity index (χ4v) is 1.23. The van der Waals surface area contributed by atoms with Crippen molar-refractivity contribution in [1.29, 1.82) is 0 Å². The van der Waals surface area contributed by atoms with E-state index in [9.17, 15) is 4.79 Å². The van der Waals surface area contributed by atoms with Crippen LogP contribution >= 0.6 is 0 Å². The second-order valence-corrected chi connectivity index (χ2v) is 3.05. The monoisotopic (exact) mass is 187 g/mol. The molecule has 78 valence electrons. The summed E-state index contributed by atoms with van der Waals surface area (Å²) in [6, 6.07) is -0.0399. The number of carbonyl (C=O) groups excluding carboxylic acids is 1. The molecule has 3 N–H and O–H groups in total. The number of unbranched alkanes of at least 4 members (excludes halogenated alkanes) is 1. The third kappa shape index (κ3) is 5.60. The number of rotatable bonds is 7. The van der Waals surface area contributed by atoms with Gasteiger partial charge in [0, 0.05) is 7.05 Å². The van der Waals surface area contributed by atoms with Crippen LogP contribution in [0.4, 0.5) is 0 Å². The van der Waals surface area contributed by atoms with Gasteiger partial charge in [-0.15, -0.1) is 0 Å². The molecule has 4 nitrogen and oxygen atoms in total. The molecule has 0 aromatic carbocycles. The van der Waals surface area contributed by atoms with E-state index in [0.717, 1.165) is 25.8 Å². The molecule has 0 aliphatic rings. The van der Waals surface area contributed by atoms with Gasteiger partial charge >= 0.3 is 0 Å². The van der Waals surface area contributed by atoms with Crippen LogP contribution in [-0.4, -0.2) is 39.6 Å². The number of amides is 1. The maximum Gasteiger partial charge on any atom is 0.236 e. The molecular weight excluding hydrogens is 166 g/mol. The number of hydrogen-bond donors (Lipinski definition) is 3. The second kappa shape index (κ2) is 8.01. The van der Waals surface area contributed by atoms with Gasteiger partial charge in [0.05, 0.1) is 6.04 Å². The van der Waals surface area contributed by atoms with Crippen molar-refractivity contribution in [2.24, 2.45) is 0 Å². The standard InChI is InChI=1S/C9H21N3O/c1-10-7-5-4-6-8(11-2)9(13)12-3/h8,10-11H,4-7H2,1-3H3,(H,12,13). The Morgan fingerprint density at radius 2 is 1.92 bits per heavy atom. The van der Waals surface area contributed by atoms with E-state index in [1.807, 2.05) is 14.1 Å². The summed E-state index contributed by atoms with van der Waals surface area (Å²) in [5.74, 6) is 0.0759. The average molecular weight is 187 g/mol. The molecule has 0 aliphatic heterocycles. The number of likely N-dealkylation sites (N-methyl/N-ethyl adjacent to an activating group) is 2. The molecule has 1 unspecified atom stereocenters. The quantitative estimate of drug-likeness (QED) is 0.480. The van der Waals surface area contributed by atoms with Gasteiger partial charge in [0.15, 0.2) is 0 Å². The van der Waals surface area contributed by atoms with Crippen molar-refractivity contribution >= 4 is 5.91 Å². The van der Waals surface area contributed by atoms with Crippen molar-refractivity contribution in [1.82, 2.24) is 16.0 Å². The van der Waals surface area contributed by atoms with Gasteiger partial charge in [0.2, 0.25) is 5.91 Å².